The van der Waals surface area contributed by atoms with Crippen LogP contribution in [0.3, 0.4) is 0 Å². The fourth-order valence-electron chi connectivity index (χ4n) is 4.59. The molecule has 0 saturated carbocycles. The molecule has 2 aromatic rings. The third-order valence-corrected chi connectivity index (χ3v) is 6.66. The highest BCUT2D eigenvalue weighted by Crippen LogP contribution is 2.37. The normalized spacial score (nSPS) is 11.4. The van der Waals surface area contributed by atoms with Crippen LogP contribution < -0.4 is 19.8 Å². The summed E-state index contributed by atoms with van der Waals surface area (Å²) in [6, 6.07) is 5.65. The topological polar surface area (TPSA) is 57.9 Å². The smallest absolute Gasteiger partial charge is 0.383 e. The molecule has 0 aliphatic heterocycles. The maximum atomic E-state index is 13.0. The van der Waals surface area contributed by atoms with Crippen LogP contribution in [0.25, 0.3) is 11.0 Å². The number of rotatable bonds is 22. The van der Waals surface area contributed by atoms with Gasteiger partial charge in [-0.25, -0.2) is 4.79 Å². The largest absolute Gasteiger partial charge is 0.489 e. The summed E-state index contributed by atoms with van der Waals surface area (Å²) in [5.41, 5.74) is -0.0793. The van der Waals surface area contributed by atoms with Gasteiger partial charge in [0.25, 0.3) is 0 Å². The van der Waals surface area contributed by atoms with Crippen molar-refractivity contribution in [3.63, 3.8) is 0 Å². The summed E-state index contributed by atoms with van der Waals surface area (Å²) < 4.78 is 23.8. The summed E-state index contributed by atoms with van der Waals surface area (Å²) in [5, 5.41) is 0.725. The van der Waals surface area contributed by atoms with Crippen molar-refractivity contribution in [2.45, 2.75) is 137 Å². The summed E-state index contributed by atoms with van der Waals surface area (Å²) >= 11 is 0. The van der Waals surface area contributed by atoms with Crippen molar-refractivity contribution in [3.8, 4) is 17.2 Å². The minimum atomic E-state index is -0.502. The van der Waals surface area contributed by atoms with E-state index in [1.54, 1.807) is 0 Å². The van der Waals surface area contributed by atoms with Gasteiger partial charge in [-0.05, 0) is 38.8 Å². The third-order valence-electron chi connectivity index (χ3n) is 6.66. The first-order chi connectivity index (χ1) is 18.1. The number of ether oxygens (including phenoxy) is 3. The van der Waals surface area contributed by atoms with Gasteiger partial charge in [-0.1, -0.05) is 110 Å². The van der Waals surface area contributed by atoms with Crippen LogP contribution >= 0.6 is 0 Å². The number of para-hydroxylation sites is 1. The SMILES string of the molecule is CCCCCCCCCCOc1c(OCCCCCCCCCC)c2cccc(OC(C)C)c2oc1=O. The molecule has 0 atom stereocenters. The lowest BCUT2D eigenvalue weighted by atomic mass is 10.1. The average Bonchev–Trinajstić information content (AvgIpc) is 2.87. The van der Waals surface area contributed by atoms with E-state index < -0.39 is 5.63 Å². The third kappa shape index (κ3) is 11.8. The zero-order chi connectivity index (χ0) is 26.7. The van der Waals surface area contributed by atoms with Gasteiger partial charge in [0, 0.05) is 0 Å². The quantitative estimate of drug-likeness (QED) is 0.115. The molecule has 5 heteroatoms. The molecule has 0 fully saturated rings. The Morgan fingerprint density at radius 2 is 1.16 bits per heavy atom. The number of unbranched alkanes of at least 4 members (excludes halogenated alkanes) is 14. The number of hydrogen-bond acceptors (Lipinski definition) is 5. The first-order valence-electron chi connectivity index (χ1n) is 15.1. The molecule has 0 N–H and O–H groups in total. The molecule has 0 saturated heterocycles. The molecular formula is C32H52O5. The van der Waals surface area contributed by atoms with Crippen molar-refractivity contribution in [3.05, 3.63) is 28.6 Å². The molecular weight excluding hydrogens is 464 g/mol. The highest BCUT2D eigenvalue weighted by molar-refractivity contribution is 5.89. The number of hydrogen-bond donors (Lipinski definition) is 0. The second kappa shape index (κ2) is 19.0. The van der Waals surface area contributed by atoms with Crippen molar-refractivity contribution < 1.29 is 18.6 Å². The minimum Gasteiger partial charge on any atom is -0.489 e. The van der Waals surface area contributed by atoms with Gasteiger partial charge in [0.1, 0.15) is 0 Å². The van der Waals surface area contributed by atoms with Crippen LogP contribution in [0.4, 0.5) is 0 Å². The lowest BCUT2D eigenvalue weighted by molar-refractivity contribution is 0.237. The van der Waals surface area contributed by atoms with Gasteiger partial charge >= 0.3 is 5.63 Å². The Hall–Kier alpha value is -2.17. The molecule has 0 amide bonds. The summed E-state index contributed by atoms with van der Waals surface area (Å²) in [5.74, 6) is 1.23. The lowest BCUT2D eigenvalue weighted by Crippen LogP contribution is -2.13. The van der Waals surface area contributed by atoms with E-state index in [1.165, 1.54) is 77.0 Å². The van der Waals surface area contributed by atoms with Gasteiger partial charge in [0.2, 0.25) is 5.75 Å². The molecule has 5 nitrogen and oxygen atoms in total. The zero-order valence-corrected chi connectivity index (χ0v) is 24.1. The summed E-state index contributed by atoms with van der Waals surface area (Å²) in [6.45, 7) is 9.44. The molecule has 1 aromatic heterocycles. The van der Waals surface area contributed by atoms with Gasteiger partial charge < -0.3 is 18.6 Å². The summed E-state index contributed by atoms with van der Waals surface area (Å²) in [7, 11) is 0. The molecule has 2 rings (SSSR count). The van der Waals surface area contributed by atoms with Crippen LogP contribution in [0, 0.1) is 0 Å². The number of fused-ring (bicyclic) bond motifs is 1. The predicted molar refractivity (Wildman–Crippen MR) is 154 cm³/mol. The Kier molecular flexibility index (Phi) is 15.9. The molecule has 0 spiro atoms. The van der Waals surface area contributed by atoms with Gasteiger partial charge in [-0.15, -0.1) is 0 Å². The molecule has 0 unspecified atom stereocenters. The Labute approximate surface area is 225 Å². The van der Waals surface area contributed by atoms with Crippen molar-refractivity contribution in [2.24, 2.45) is 0 Å². The van der Waals surface area contributed by atoms with E-state index in [2.05, 4.69) is 13.8 Å². The minimum absolute atomic E-state index is 0.0319. The van der Waals surface area contributed by atoms with E-state index in [0.29, 0.717) is 30.3 Å². The lowest BCUT2D eigenvalue weighted by Gasteiger charge is -2.16. The molecule has 0 aliphatic carbocycles. The van der Waals surface area contributed by atoms with Gasteiger partial charge in [0.05, 0.1) is 24.7 Å². The maximum absolute atomic E-state index is 13.0. The molecule has 210 valence electrons. The molecule has 0 bridgehead atoms. The van der Waals surface area contributed by atoms with Gasteiger partial charge in [-0.3, -0.25) is 0 Å². The van der Waals surface area contributed by atoms with E-state index in [0.717, 1.165) is 31.1 Å². The summed E-state index contributed by atoms with van der Waals surface area (Å²) in [6.07, 6.45) is 19.5. The van der Waals surface area contributed by atoms with Crippen molar-refractivity contribution in [1.82, 2.24) is 0 Å². The first kappa shape index (κ1) is 31.1. The molecule has 1 aromatic carbocycles. The Bertz CT molecular complexity index is 917. The van der Waals surface area contributed by atoms with Gasteiger partial charge in [-0.2, -0.15) is 0 Å². The van der Waals surface area contributed by atoms with Crippen molar-refractivity contribution in [2.75, 3.05) is 13.2 Å². The second-order valence-electron chi connectivity index (χ2n) is 10.5. The van der Waals surface area contributed by atoms with E-state index in [-0.39, 0.29) is 11.9 Å². The fourth-order valence-corrected chi connectivity index (χ4v) is 4.59. The Balaban J connectivity index is 2.00. The predicted octanol–water partition coefficient (Wildman–Crippen LogP) is 9.62. The van der Waals surface area contributed by atoms with Crippen LogP contribution in [-0.4, -0.2) is 19.3 Å². The second-order valence-corrected chi connectivity index (χ2v) is 10.5. The van der Waals surface area contributed by atoms with E-state index in [1.807, 2.05) is 32.0 Å². The maximum Gasteiger partial charge on any atom is 0.383 e. The standard InChI is InChI=1S/C32H52O5/c1-5-7-9-11-13-15-17-19-24-34-30-27-22-21-23-28(36-26(3)4)29(27)37-32(33)31(30)35-25-20-18-16-14-12-10-8-6-2/h21-23,26H,5-20,24-25H2,1-4H3. The highest BCUT2D eigenvalue weighted by Gasteiger charge is 2.20. The average molecular weight is 517 g/mol. The Morgan fingerprint density at radius 1 is 0.676 bits per heavy atom. The Morgan fingerprint density at radius 3 is 1.68 bits per heavy atom. The first-order valence-corrected chi connectivity index (χ1v) is 15.1. The summed E-state index contributed by atoms with van der Waals surface area (Å²) in [4.78, 5) is 13.0. The zero-order valence-electron chi connectivity index (χ0n) is 24.1. The molecule has 37 heavy (non-hydrogen) atoms. The number of benzene rings is 1. The van der Waals surface area contributed by atoms with Gasteiger partial charge in [0.15, 0.2) is 17.1 Å². The van der Waals surface area contributed by atoms with Crippen molar-refractivity contribution in [1.29, 1.82) is 0 Å². The van der Waals surface area contributed by atoms with Crippen LogP contribution in [0.1, 0.15) is 130 Å². The molecule has 1 heterocycles. The van der Waals surface area contributed by atoms with E-state index in [4.69, 9.17) is 18.6 Å². The highest BCUT2D eigenvalue weighted by atomic mass is 16.5. The van der Waals surface area contributed by atoms with Crippen molar-refractivity contribution >= 4 is 11.0 Å². The molecule has 0 radical (unpaired) electrons. The van der Waals surface area contributed by atoms with Crippen LogP contribution in [0.5, 0.6) is 17.2 Å². The monoisotopic (exact) mass is 516 g/mol. The van der Waals surface area contributed by atoms with Crippen LogP contribution in [0.2, 0.25) is 0 Å². The fraction of sp³-hybridized carbons (Fsp3) is 0.719. The van der Waals surface area contributed by atoms with Crippen LogP contribution in [-0.2, 0) is 0 Å². The van der Waals surface area contributed by atoms with E-state index in [9.17, 15) is 4.79 Å². The van der Waals surface area contributed by atoms with E-state index >= 15 is 0 Å². The van der Waals surface area contributed by atoms with Crippen LogP contribution in [0.15, 0.2) is 27.4 Å². The molecule has 0 aliphatic rings.